The molecule has 1 aliphatic heterocycles. The molecule has 7 nitrogen and oxygen atoms in total. The molecule has 0 aromatic heterocycles. The number of carbonyl (C=O) groups is 2. The van der Waals surface area contributed by atoms with E-state index >= 15 is 0 Å². The molecule has 7 heteroatoms. The number of hydrogen-bond donors (Lipinski definition) is 1. The highest BCUT2D eigenvalue weighted by Gasteiger charge is 2.47. The van der Waals surface area contributed by atoms with Gasteiger partial charge in [-0.25, -0.2) is 4.79 Å². The number of phenols is 1. The van der Waals surface area contributed by atoms with Gasteiger partial charge < -0.3 is 19.3 Å². The van der Waals surface area contributed by atoms with Gasteiger partial charge in [0.1, 0.15) is 18.1 Å². The van der Waals surface area contributed by atoms with E-state index < -0.39 is 17.8 Å². The SMILES string of the molecule is CCOc1cc(C2C(C(=O)OCc3ccc(OC)cc3)=C(C)N=C3CC(C)(C)CC(=O)C32)ccc1O. The molecule has 0 spiro atoms. The Morgan fingerprint density at radius 3 is 2.50 bits per heavy atom. The lowest BCUT2D eigenvalue weighted by molar-refractivity contribution is -0.140. The first kappa shape index (κ1) is 25.5. The number of aliphatic imine (C=N–C) groups is 1. The van der Waals surface area contributed by atoms with Crippen LogP contribution in [-0.4, -0.2) is 36.3 Å². The number of aromatic hydroxyl groups is 1. The molecule has 2 unspecified atom stereocenters. The average molecular weight is 492 g/mol. The number of Topliss-reactive ketones (excluding diaryl/α,β-unsaturated/α-hetero) is 1. The number of phenolic OH excluding ortho intramolecular Hbond substituents is 1. The molecule has 36 heavy (non-hydrogen) atoms. The van der Waals surface area contributed by atoms with Crippen molar-refractivity contribution < 1.29 is 28.9 Å². The zero-order valence-electron chi connectivity index (χ0n) is 21.5. The van der Waals surface area contributed by atoms with E-state index in [-0.39, 0.29) is 23.6 Å². The van der Waals surface area contributed by atoms with Crippen molar-refractivity contribution in [3.05, 3.63) is 64.9 Å². The van der Waals surface area contributed by atoms with Crippen LogP contribution in [0.3, 0.4) is 0 Å². The minimum Gasteiger partial charge on any atom is -0.504 e. The van der Waals surface area contributed by atoms with E-state index in [1.807, 2.05) is 31.2 Å². The summed E-state index contributed by atoms with van der Waals surface area (Å²) in [6.45, 7) is 8.19. The van der Waals surface area contributed by atoms with Gasteiger partial charge in [-0.3, -0.25) is 9.79 Å². The van der Waals surface area contributed by atoms with Gasteiger partial charge in [0.2, 0.25) is 0 Å². The summed E-state index contributed by atoms with van der Waals surface area (Å²) in [5.74, 6) is -0.576. The summed E-state index contributed by atoms with van der Waals surface area (Å²) < 4.78 is 16.5. The second-order valence-corrected chi connectivity index (χ2v) is 10.1. The third kappa shape index (κ3) is 5.15. The number of benzene rings is 2. The maximum atomic E-state index is 13.5. The fraction of sp³-hybridized carbons (Fsp3) is 0.414. The number of hydrogen-bond acceptors (Lipinski definition) is 7. The molecule has 1 fully saturated rings. The van der Waals surface area contributed by atoms with E-state index in [0.29, 0.717) is 47.8 Å². The van der Waals surface area contributed by atoms with Crippen molar-refractivity contribution in [2.75, 3.05) is 13.7 Å². The van der Waals surface area contributed by atoms with Crippen LogP contribution in [0.2, 0.25) is 0 Å². The quantitative estimate of drug-likeness (QED) is 0.524. The van der Waals surface area contributed by atoms with E-state index in [2.05, 4.69) is 13.8 Å². The van der Waals surface area contributed by atoms with Gasteiger partial charge in [0.25, 0.3) is 0 Å². The van der Waals surface area contributed by atoms with Crippen LogP contribution in [-0.2, 0) is 20.9 Å². The molecule has 1 heterocycles. The summed E-state index contributed by atoms with van der Waals surface area (Å²) in [4.78, 5) is 31.7. The molecule has 0 radical (unpaired) electrons. The van der Waals surface area contributed by atoms with Crippen LogP contribution in [0.5, 0.6) is 17.2 Å². The summed E-state index contributed by atoms with van der Waals surface area (Å²) in [5, 5.41) is 10.3. The molecular weight excluding hydrogens is 458 g/mol. The number of allylic oxidation sites excluding steroid dienone is 1. The molecular formula is C29H33NO6. The molecule has 1 aliphatic carbocycles. The second-order valence-electron chi connectivity index (χ2n) is 10.1. The van der Waals surface area contributed by atoms with Crippen molar-refractivity contribution in [3.63, 3.8) is 0 Å². The summed E-state index contributed by atoms with van der Waals surface area (Å²) in [7, 11) is 1.59. The number of methoxy groups -OCH3 is 1. The predicted molar refractivity (Wildman–Crippen MR) is 136 cm³/mol. The number of nitrogens with zero attached hydrogens (tertiary/aromatic N) is 1. The fourth-order valence-electron chi connectivity index (χ4n) is 5.16. The Morgan fingerprint density at radius 1 is 1.11 bits per heavy atom. The zero-order valence-corrected chi connectivity index (χ0v) is 21.5. The van der Waals surface area contributed by atoms with Gasteiger partial charge in [-0.2, -0.15) is 0 Å². The van der Waals surface area contributed by atoms with Gasteiger partial charge in [0, 0.05) is 23.7 Å². The summed E-state index contributed by atoms with van der Waals surface area (Å²) in [6, 6.07) is 12.3. The Kier molecular flexibility index (Phi) is 7.20. The molecule has 1 saturated carbocycles. The van der Waals surface area contributed by atoms with E-state index in [1.54, 1.807) is 32.2 Å². The van der Waals surface area contributed by atoms with Gasteiger partial charge in [0.05, 0.1) is 25.2 Å². The van der Waals surface area contributed by atoms with E-state index in [1.165, 1.54) is 0 Å². The highest BCUT2D eigenvalue weighted by atomic mass is 16.5. The third-order valence-corrected chi connectivity index (χ3v) is 6.76. The Morgan fingerprint density at radius 2 is 1.83 bits per heavy atom. The molecule has 4 rings (SSSR count). The van der Waals surface area contributed by atoms with Crippen LogP contribution in [0.4, 0.5) is 0 Å². The third-order valence-electron chi connectivity index (χ3n) is 6.76. The van der Waals surface area contributed by atoms with Crippen LogP contribution in [0, 0.1) is 11.3 Å². The molecule has 2 aromatic rings. The summed E-state index contributed by atoms with van der Waals surface area (Å²) in [6.07, 6.45) is 1.07. The van der Waals surface area contributed by atoms with E-state index in [4.69, 9.17) is 19.2 Å². The zero-order chi connectivity index (χ0) is 26.0. The molecule has 1 N–H and O–H groups in total. The van der Waals surface area contributed by atoms with Crippen molar-refractivity contribution in [3.8, 4) is 17.2 Å². The molecule has 0 bridgehead atoms. The van der Waals surface area contributed by atoms with Crippen molar-refractivity contribution in [1.29, 1.82) is 0 Å². The van der Waals surface area contributed by atoms with Crippen LogP contribution >= 0.6 is 0 Å². The Balaban J connectivity index is 1.73. The highest BCUT2D eigenvalue weighted by molar-refractivity contribution is 6.12. The van der Waals surface area contributed by atoms with Gasteiger partial charge in [-0.05, 0) is 61.1 Å². The fourth-order valence-corrected chi connectivity index (χ4v) is 5.16. The maximum Gasteiger partial charge on any atom is 0.336 e. The molecule has 2 aromatic carbocycles. The number of ketones is 1. The standard InChI is InChI=1S/C29H33NO6/c1-6-35-24-13-19(9-12-22(24)31)26-25(28(33)36-16-18-7-10-20(34-5)11-8-18)17(2)30-21-14-29(3,4)15-23(32)27(21)26/h7-13,26-27,31H,6,14-16H2,1-5H3. The number of rotatable bonds is 7. The van der Waals surface area contributed by atoms with Crippen molar-refractivity contribution in [2.45, 2.75) is 53.1 Å². The van der Waals surface area contributed by atoms with Gasteiger partial charge in [-0.1, -0.05) is 32.0 Å². The van der Waals surface area contributed by atoms with E-state index in [0.717, 1.165) is 11.3 Å². The lowest BCUT2D eigenvalue weighted by Crippen LogP contribution is -2.44. The van der Waals surface area contributed by atoms with Gasteiger partial charge in [0.15, 0.2) is 11.5 Å². The number of carbonyl (C=O) groups excluding carboxylic acids is 2. The summed E-state index contributed by atoms with van der Waals surface area (Å²) in [5.41, 5.74) is 3.02. The van der Waals surface area contributed by atoms with Crippen LogP contribution < -0.4 is 9.47 Å². The second kappa shape index (κ2) is 10.2. The topological polar surface area (TPSA) is 94.4 Å². The number of fused-ring (bicyclic) bond motifs is 1. The Labute approximate surface area is 211 Å². The van der Waals surface area contributed by atoms with Crippen LogP contribution in [0.15, 0.2) is 58.7 Å². The first-order chi connectivity index (χ1) is 17.1. The normalized spacial score (nSPS) is 20.9. The molecule has 0 saturated heterocycles. The highest BCUT2D eigenvalue weighted by Crippen LogP contribution is 2.48. The minimum absolute atomic E-state index is 0.00531. The van der Waals surface area contributed by atoms with Crippen molar-refractivity contribution >= 4 is 17.5 Å². The van der Waals surface area contributed by atoms with E-state index in [9.17, 15) is 14.7 Å². The Hall–Kier alpha value is -3.61. The predicted octanol–water partition coefficient (Wildman–Crippen LogP) is 5.36. The molecule has 0 amide bonds. The van der Waals surface area contributed by atoms with Crippen molar-refractivity contribution in [2.24, 2.45) is 16.3 Å². The lowest BCUT2D eigenvalue weighted by atomic mass is 9.63. The average Bonchev–Trinajstić information content (AvgIpc) is 2.82. The first-order valence-electron chi connectivity index (χ1n) is 12.2. The first-order valence-corrected chi connectivity index (χ1v) is 12.2. The summed E-state index contributed by atoms with van der Waals surface area (Å²) >= 11 is 0. The molecule has 190 valence electrons. The molecule has 2 atom stereocenters. The lowest BCUT2D eigenvalue weighted by Gasteiger charge is -2.41. The van der Waals surface area contributed by atoms with Crippen molar-refractivity contribution in [1.82, 2.24) is 0 Å². The number of esters is 1. The monoisotopic (exact) mass is 491 g/mol. The van der Waals surface area contributed by atoms with Crippen LogP contribution in [0.1, 0.15) is 57.6 Å². The molecule has 2 aliphatic rings. The van der Waals surface area contributed by atoms with Gasteiger partial charge in [-0.15, -0.1) is 0 Å². The minimum atomic E-state index is -0.579. The Bertz CT molecular complexity index is 1220. The van der Waals surface area contributed by atoms with Gasteiger partial charge >= 0.3 is 5.97 Å². The smallest absolute Gasteiger partial charge is 0.336 e. The maximum absolute atomic E-state index is 13.5. The number of ether oxygens (including phenoxy) is 3. The van der Waals surface area contributed by atoms with Crippen LogP contribution in [0.25, 0.3) is 0 Å². The largest absolute Gasteiger partial charge is 0.504 e.